The third-order valence-electron chi connectivity index (χ3n) is 4.73. The predicted molar refractivity (Wildman–Crippen MR) is 97.2 cm³/mol. The summed E-state index contributed by atoms with van der Waals surface area (Å²) in [4.78, 5) is 25.0. The fraction of sp³-hybridized carbons (Fsp3) is 0.526. The van der Waals surface area contributed by atoms with Gasteiger partial charge in [-0.05, 0) is 58.1 Å². The molecule has 0 radical (unpaired) electrons. The number of carbonyl (C=O) groups excluding carboxylic acids is 1. The first-order valence-electron chi connectivity index (χ1n) is 8.76. The second-order valence-corrected chi connectivity index (χ2v) is 7.92. The first-order valence-corrected chi connectivity index (χ1v) is 9.57. The fourth-order valence-corrected chi connectivity index (χ4v) is 4.30. The number of piperidine rings is 1. The third kappa shape index (κ3) is 4.20. The van der Waals surface area contributed by atoms with Crippen LogP contribution in [0.25, 0.3) is 0 Å². The Kier molecular flexibility index (Phi) is 5.61. The van der Waals surface area contributed by atoms with E-state index < -0.39 is 0 Å². The van der Waals surface area contributed by atoms with Gasteiger partial charge in [0.15, 0.2) is 0 Å². The monoisotopic (exact) mass is 343 g/mol. The fourth-order valence-electron chi connectivity index (χ4n) is 3.47. The number of carbonyl (C=O) groups is 1. The van der Waals surface area contributed by atoms with Crippen LogP contribution in [0.15, 0.2) is 24.4 Å². The zero-order valence-corrected chi connectivity index (χ0v) is 15.3. The Hall–Kier alpha value is -1.75. The van der Waals surface area contributed by atoms with E-state index in [1.54, 1.807) is 11.3 Å². The minimum absolute atomic E-state index is 0.231. The first kappa shape index (κ1) is 17.1. The molecule has 1 amide bonds. The van der Waals surface area contributed by atoms with E-state index in [-0.39, 0.29) is 5.91 Å². The number of pyridine rings is 1. The zero-order valence-electron chi connectivity index (χ0n) is 14.5. The van der Waals surface area contributed by atoms with Crippen LogP contribution in [0.4, 0.5) is 0 Å². The van der Waals surface area contributed by atoms with Gasteiger partial charge in [0.25, 0.3) is 0 Å². The molecule has 1 aliphatic heterocycles. The topological polar surface area (TPSA) is 46.1 Å². The minimum atomic E-state index is 0.231. The largest absolute Gasteiger partial charge is 0.339 e. The molecule has 0 aromatic carbocycles. The molecule has 128 valence electrons. The maximum absolute atomic E-state index is 12.8. The van der Waals surface area contributed by atoms with Crippen molar-refractivity contribution in [2.24, 2.45) is 0 Å². The molecule has 5 heteroatoms. The molecule has 1 atom stereocenters. The van der Waals surface area contributed by atoms with Crippen molar-refractivity contribution in [3.8, 4) is 0 Å². The minimum Gasteiger partial charge on any atom is -0.339 e. The Morgan fingerprint density at radius 1 is 1.33 bits per heavy atom. The van der Waals surface area contributed by atoms with Crippen LogP contribution in [0.3, 0.4) is 0 Å². The van der Waals surface area contributed by atoms with Crippen molar-refractivity contribution in [3.05, 3.63) is 45.7 Å². The molecule has 3 heterocycles. The first-order chi connectivity index (χ1) is 11.6. The van der Waals surface area contributed by atoms with E-state index in [0.29, 0.717) is 12.5 Å². The lowest BCUT2D eigenvalue weighted by Crippen LogP contribution is -2.44. The molecule has 0 N–H and O–H groups in total. The van der Waals surface area contributed by atoms with Crippen LogP contribution in [0.5, 0.6) is 0 Å². The van der Waals surface area contributed by atoms with Crippen molar-refractivity contribution in [1.82, 2.24) is 14.9 Å². The molecule has 4 nitrogen and oxygen atoms in total. The summed E-state index contributed by atoms with van der Waals surface area (Å²) < 4.78 is 0. The Morgan fingerprint density at radius 2 is 2.21 bits per heavy atom. The summed E-state index contributed by atoms with van der Waals surface area (Å²) in [5, 5.41) is 1.04. The highest BCUT2D eigenvalue weighted by atomic mass is 32.1. The lowest BCUT2D eigenvalue weighted by Gasteiger charge is -2.36. The van der Waals surface area contributed by atoms with E-state index in [9.17, 15) is 4.79 Å². The molecule has 0 spiro atoms. The van der Waals surface area contributed by atoms with E-state index in [0.717, 1.165) is 48.6 Å². The Labute approximate surface area is 147 Å². The smallest absolute Gasteiger partial charge is 0.228 e. The number of hydrogen-bond acceptors (Lipinski definition) is 4. The van der Waals surface area contributed by atoms with Crippen LogP contribution in [-0.2, 0) is 17.6 Å². The van der Waals surface area contributed by atoms with Crippen LogP contribution < -0.4 is 0 Å². The van der Waals surface area contributed by atoms with E-state index >= 15 is 0 Å². The Bertz CT molecular complexity index is 683. The van der Waals surface area contributed by atoms with Crippen molar-refractivity contribution < 1.29 is 4.79 Å². The second kappa shape index (κ2) is 7.88. The number of amides is 1. The van der Waals surface area contributed by atoms with Crippen molar-refractivity contribution in [1.29, 1.82) is 0 Å². The van der Waals surface area contributed by atoms with Crippen molar-refractivity contribution in [2.75, 3.05) is 6.54 Å². The van der Waals surface area contributed by atoms with Gasteiger partial charge in [-0.1, -0.05) is 6.07 Å². The van der Waals surface area contributed by atoms with Gasteiger partial charge in [0.2, 0.25) is 5.91 Å². The number of rotatable bonds is 5. The van der Waals surface area contributed by atoms with Crippen molar-refractivity contribution in [2.45, 2.75) is 58.4 Å². The standard InChI is InChI=1S/C19H25N3OS/c1-14-18(21-15(2)24-14)13-19(23)22-12-6-4-8-17(22)10-9-16-7-3-5-11-20-16/h3,5,7,11,17H,4,6,8-10,12-13H2,1-2H3/t17-/m0/s1. The van der Waals surface area contributed by atoms with Crippen LogP contribution in [-0.4, -0.2) is 33.4 Å². The zero-order chi connectivity index (χ0) is 16.9. The number of thiazole rings is 1. The van der Waals surface area contributed by atoms with E-state index in [2.05, 4.69) is 27.9 Å². The molecule has 24 heavy (non-hydrogen) atoms. The number of aryl methyl sites for hydroxylation is 3. The average Bonchev–Trinajstić information content (AvgIpc) is 2.91. The number of nitrogens with zero attached hydrogens (tertiary/aromatic N) is 3. The number of aromatic nitrogens is 2. The summed E-state index contributed by atoms with van der Waals surface area (Å²) in [6.07, 6.45) is 7.64. The van der Waals surface area contributed by atoms with Crippen LogP contribution >= 0.6 is 11.3 Å². The van der Waals surface area contributed by atoms with E-state index in [1.165, 1.54) is 11.3 Å². The average molecular weight is 343 g/mol. The van der Waals surface area contributed by atoms with Gasteiger partial charge in [0.1, 0.15) is 0 Å². The summed E-state index contributed by atoms with van der Waals surface area (Å²) in [6.45, 7) is 4.94. The van der Waals surface area contributed by atoms with E-state index in [4.69, 9.17) is 0 Å². The molecule has 0 aliphatic carbocycles. The van der Waals surface area contributed by atoms with Gasteiger partial charge in [-0.15, -0.1) is 11.3 Å². The summed E-state index contributed by atoms with van der Waals surface area (Å²) in [5.74, 6) is 0.231. The molecule has 2 aromatic rings. The summed E-state index contributed by atoms with van der Waals surface area (Å²) >= 11 is 1.68. The second-order valence-electron chi connectivity index (χ2n) is 6.51. The summed E-state index contributed by atoms with van der Waals surface area (Å²) in [5.41, 5.74) is 2.07. The third-order valence-corrected chi connectivity index (χ3v) is 5.65. The van der Waals surface area contributed by atoms with Crippen LogP contribution in [0, 0.1) is 13.8 Å². The quantitative estimate of drug-likeness (QED) is 0.831. The Balaban J connectivity index is 1.63. The van der Waals surface area contributed by atoms with Gasteiger partial charge >= 0.3 is 0 Å². The molecule has 0 bridgehead atoms. The maximum atomic E-state index is 12.8. The predicted octanol–water partition coefficient (Wildman–Crippen LogP) is 3.71. The molecule has 1 saturated heterocycles. The molecular formula is C19H25N3OS. The van der Waals surface area contributed by atoms with Gasteiger partial charge in [-0.25, -0.2) is 4.98 Å². The highest BCUT2D eigenvalue weighted by Gasteiger charge is 2.27. The molecule has 3 rings (SSSR count). The summed E-state index contributed by atoms with van der Waals surface area (Å²) in [7, 11) is 0. The number of hydrogen-bond donors (Lipinski definition) is 0. The molecule has 0 saturated carbocycles. The lowest BCUT2D eigenvalue weighted by molar-refractivity contribution is -0.134. The van der Waals surface area contributed by atoms with Crippen molar-refractivity contribution in [3.63, 3.8) is 0 Å². The van der Waals surface area contributed by atoms with Gasteiger partial charge in [-0.3, -0.25) is 9.78 Å². The molecule has 2 aromatic heterocycles. The highest BCUT2D eigenvalue weighted by Crippen LogP contribution is 2.23. The van der Waals surface area contributed by atoms with Gasteiger partial charge in [0, 0.05) is 29.4 Å². The number of likely N-dealkylation sites (tertiary alicyclic amines) is 1. The van der Waals surface area contributed by atoms with Crippen LogP contribution in [0.1, 0.15) is 47.0 Å². The Morgan fingerprint density at radius 3 is 2.92 bits per heavy atom. The molecule has 1 aliphatic rings. The highest BCUT2D eigenvalue weighted by molar-refractivity contribution is 7.11. The van der Waals surface area contributed by atoms with Gasteiger partial charge in [-0.2, -0.15) is 0 Å². The lowest BCUT2D eigenvalue weighted by atomic mass is 9.96. The molecule has 1 fully saturated rings. The van der Waals surface area contributed by atoms with Crippen molar-refractivity contribution >= 4 is 17.2 Å². The van der Waals surface area contributed by atoms with Crippen LogP contribution in [0.2, 0.25) is 0 Å². The summed E-state index contributed by atoms with van der Waals surface area (Å²) in [6, 6.07) is 6.38. The molecule has 0 unspecified atom stereocenters. The van der Waals surface area contributed by atoms with Gasteiger partial charge in [0.05, 0.1) is 17.1 Å². The normalized spacial score (nSPS) is 17.9. The van der Waals surface area contributed by atoms with Gasteiger partial charge < -0.3 is 4.90 Å². The van der Waals surface area contributed by atoms with E-state index in [1.807, 2.05) is 25.3 Å². The molecular weight excluding hydrogens is 318 g/mol. The SMILES string of the molecule is Cc1nc(CC(=O)N2CCCC[C@H]2CCc2ccccn2)c(C)s1. The maximum Gasteiger partial charge on any atom is 0.228 e.